The highest BCUT2D eigenvalue weighted by molar-refractivity contribution is 7.16. The smallest absolute Gasteiger partial charge is 0.286 e. The van der Waals surface area contributed by atoms with E-state index in [9.17, 15) is 4.79 Å². The van der Waals surface area contributed by atoms with Crippen molar-refractivity contribution in [3.8, 4) is 18.1 Å². The summed E-state index contributed by atoms with van der Waals surface area (Å²) in [6, 6.07) is 13.7. The number of amides is 1. The van der Waals surface area contributed by atoms with Crippen molar-refractivity contribution in [1.82, 2.24) is 4.57 Å². The summed E-state index contributed by atoms with van der Waals surface area (Å²) in [5.74, 6) is 2.94. The maximum atomic E-state index is 12.2. The Morgan fingerprint density at radius 3 is 2.80 bits per heavy atom. The van der Waals surface area contributed by atoms with Crippen molar-refractivity contribution in [3.63, 3.8) is 0 Å². The van der Waals surface area contributed by atoms with Gasteiger partial charge in [0.1, 0.15) is 5.75 Å². The van der Waals surface area contributed by atoms with Crippen LogP contribution in [0.1, 0.15) is 11.1 Å². The second-order valence-corrected chi connectivity index (χ2v) is 6.77. The Kier molecular flexibility index (Phi) is 5.01. The molecular formula is C20H18N2O2S. The van der Waals surface area contributed by atoms with Gasteiger partial charge in [-0.1, -0.05) is 35.5 Å². The zero-order valence-electron chi connectivity index (χ0n) is 14.2. The number of ether oxygens (including phenoxy) is 1. The highest BCUT2D eigenvalue weighted by atomic mass is 32.1. The van der Waals surface area contributed by atoms with E-state index in [0.29, 0.717) is 17.1 Å². The van der Waals surface area contributed by atoms with Gasteiger partial charge in [-0.25, -0.2) is 0 Å². The van der Waals surface area contributed by atoms with E-state index >= 15 is 0 Å². The summed E-state index contributed by atoms with van der Waals surface area (Å²) in [5, 5.41) is 0. The SMILES string of the molecule is C#CCn1c(=NC(=O)COc2cccc(C)c2)sc2cc(C)ccc21. The fraction of sp³-hybridized carbons (Fsp3) is 0.200. The monoisotopic (exact) mass is 350 g/mol. The van der Waals surface area contributed by atoms with Gasteiger partial charge in [0.2, 0.25) is 0 Å². The summed E-state index contributed by atoms with van der Waals surface area (Å²) in [6.07, 6.45) is 5.47. The van der Waals surface area contributed by atoms with Gasteiger partial charge in [0.25, 0.3) is 5.91 Å². The first kappa shape index (κ1) is 17.0. The Bertz CT molecular complexity index is 1040. The molecule has 2 aromatic carbocycles. The van der Waals surface area contributed by atoms with Crippen molar-refractivity contribution in [3.05, 3.63) is 58.4 Å². The Balaban J connectivity index is 1.88. The zero-order chi connectivity index (χ0) is 17.8. The van der Waals surface area contributed by atoms with Crippen molar-refractivity contribution in [2.75, 3.05) is 6.61 Å². The highest BCUT2D eigenvalue weighted by Gasteiger charge is 2.08. The maximum Gasteiger partial charge on any atom is 0.286 e. The average Bonchev–Trinajstić information content (AvgIpc) is 2.90. The molecule has 0 bridgehead atoms. The number of aryl methyl sites for hydroxylation is 2. The maximum absolute atomic E-state index is 12.2. The number of carbonyl (C=O) groups excluding carboxylic acids is 1. The molecule has 126 valence electrons. The van der Waals surface area contributed by atoms with Gasteiger partial charge in [0.05, 0.1) is 16.8 Å². The number of aromatic nitrogens is 1. The number of thiazole rings is 1. The van der Waals surface area contributed by atoms with E-state index in [4.69, 9.17) is 11.2 Å². The average molecular weight is 350 g/mol. The normalized spacial score (nSPS) is 11.5. The van der Waals surface area contributed by atoms with Crippen LogP contribution in [-0.4, -0.2) is 17.1 Å². The molecule has 1 heterocycles. The van der Waals surface area contributed by atoms with Gasteiger partial charge < -0.3 is 9.30 Å². The molecule has 1 aromatic heterocycles. The standard InChI is InChI=1S/C20H18N2O2S/c1-4-10-22-17-9-8-15(3)12-18(17)25-20(22)21-19(23)13-24-16-7-5-6-14(2)11-16/h1,5-9,11-12H,10,13H2,2-3H3. The second-order valence-electron chi connectivity index (χ2n) is 5.76. The van der Waals surface area contributed by atoms with Crippen LogP contribution in [0.3, 0.4) is 0 Å². The molecule has 0 saturated carbocycles. The summed E-state index contributed by atoms with van der Waals surface area (Å²) < 4.78 is 8.46. The lowest BCUT2D eigenvalue weighted by Gasteiger charge is -2.04. The molecule has 1 amide bonds. The molecule has 3 aromatic rings. The Morgan fingerprint density at radius 2 is 2.04 bits per heavy atom. The molecule has 0 atom stereocenters. The predicted octanol–water partition coefficient (Wildman–Crippen LogP) is 3.46. The third kappa shape index (κ3) is 3.98. The van der Waals surface area contributed by atoms with Crippen LogP contribution in [0.2, 0.25) is 0 Å². The van der Waals surface area contributed by atoms with Crippen LogP contribution >= 0.6 is 11.3 Å². The van der Waals surface area contributed by atoms with Crippen molar-refractivity contribution in [1.29, 1.82) is 0 Å². The van der Waals surface area contributed by atoms with E-state index in [2.05, 4.69) is 17.0 Å². The number of fused-ring (bicyclic) bond motifs is 1. The number of hydrogen-bond donors (Lipinski definition) is 0. The third-order valence-electron chi connectivity index (χ3n) is 3.66. The molecule has 0 aliphatic rings. The molecule has 4 nitrogen and oxygen atoms in total. The molecule has 0 radical (unpaired) electrons. The van der Waals surface area contributed by atoms with Gasteiger partial charge >= 0.3 is 0 Å². The van der Waals surface area contributed by atoms with Crippen LogP contribution in [0.15, 0.2) is 47.5 Å². The van der Waals surface area contributed by atoms with Crippen molar-refractivity contribution < 1.29 is 9.53 Å². The minimum absolute atomic E-state index is 0.104. The van der Waals surface area contributed by atoms with Crippen LogP contribution in [0, 0.1) is 26.2 Å². The van der Waals surface area contributed by atoms with Crippen molar-refractivity contribution in [2.45, 2.75) is 20.4 Å². The second kappa shape index (κ2) is 7.37. The molecule has 0 saturated heterocycles. The lowest BCUT2D eigenvalue weighted by atomic mass is 10.2. The van der Waals surface area contributed by atoms with E-state index < -0.39 is 0 Å². The van der Waals surface area contributed by atoms with Gasteiger partial charge in [0, 0.05) is 0 Å². The molecule has 3 rings (SSSR count). The van der Waals surface area contributed by atoms with Gasteiger partial charge in [-0.2, -0.15) is 4.99 Å². The number of nitrogens with zero attached hydrogens (tertiary/aromatic N) is 2. The largest absolute Gasteiger partial charge is 0.484 e. The molecule has 0 aliphatic heterocycles. The van der Waals surface area contributed by atoms with Gasteiger partial charge in [-0.3, -0.25) is 4.79 Å². The van der Waals surface area contributed by atoms with Gasteiger partial charge in [-0.15, -0.1) is 6.42 Å². The fourth-order valence-electron chi connectivity index (χ4n) is 2.50. The van der Waals surface area contributed by atoms with E-state index in [1.807, 2.05) is 54.8 Å². The molecule has 0 unspecified atom stereocenters. The van der Waals surface area contributed by atoms with E-state index in [1.165, 1.54) is 11.3 Å². The molecule has 5 heteroatoms. The van der Waals surface area contributed by atoms with Gasteiger partial charge in [-0.05, 0) is 49.2 Å². The third-order valence-corrected chi connectivity index (χ3v) is 4.70. The van der Waals surface area contributed by atoms with Crippen LogP contribution in [0.5, 0.6) is 5.75 Å². The molecule has 0 N–H and O–H groups in total. The zero-order valence-corrected chi connectivity index (χ0v) is 15.0. The number of benzene rings is 2. The highest BCUT2D eigenvalue weighted by Crippen LogP contribution is 2.19. The fourth-order valence-corrected chi connectivity index (χ4v) is 3.64. The van der Waals surface area contributed by atoms with Crippen molar-refractivity contribution >= 4 is 27.5 Å². The minimum atomic E-state index is -0.337. The molecular weight excluding hydrogens is 332 g/mol. The summed E-state index contributed by atoms with van der Waals surface area (Å²) in [7, 11) is 0. The lowest BCUT2D eigenvalue weighted by Crippen LogP contribution is -2.19. The first-order valence-corrected chi connectivity index (χ1v) is 8.69. The van der Waals surface area contributed by atoms with Crippen LogP contribution in [0.4, 0.5) is 0 Å². The quantitative estimate of drug-likeness (QED) is 0.677. The lowest BCUT2D eigenvalue weighted by molar-refractivity contribution is -0.120. The summed E-state index contributed by atoms with van der Waals surface area (Å²) in [6.45, 7) is 4.27. The molecule has 0 spiro atoms. The van der Waals surface area contributed by atoms with Crippen LogP contribution in [-0.2, 0) is 11.3 Å². The van der Waals surface area contributed by atoms with Crippen molar-refractivity contribution in [2.24, 2.45) is 4.99 Å². The summed E-state index contributed by atoms with van der Waals surface area (Å²) >= 11 is 1.45. The van der Waals surface area contributed by atoms with E-state index in [-0.39, 0.29) is 12.5 Å². The van der Waals surface area contributed by atoms with Crippen LogP contribution < -0.4 is 9.54 Å². The van der Waals surface area contributed by atoms with E-state index in [0.717, 1.165) is 21.3 Å². The Hall–Kier alpha value is -2.84. The first-order chi connectivity index (χ1) is 12.1. The van der Waals surface area contributed by atoms with E-state index in [1.54, 1.807) is 0 Å². The summed E-state index contributed by atoms with van der Waals surface area (Å²) in [4.78, 5) is 17.0. The first-order valence-electron chi connectivity index (χ1n) is 7.87. The number of hydrogen-bond acceptors (Lipinski definition) is 3. The Labute approximate surface area is 150 Å². The number of carbonyl (C=O) groups is 1. The van der Waals surface area contributed by atoms with Gasteiger partial charge in [0.15, 0.2) is 11.4 Å². The molecule has 0 fully saturated rings. The predicted molar refractivity (Wildman–Crippen MR) is 101 cm³/mol. The topological polar surface area (TPSA) is 43.6 Å². The minimum Gasteiger partial charge on any atom is -0.484 e. The summed E-state index contributed by atoms with van der Waals surface area (Å²) in [5.41, 5.74) is 3.22. The molecule has 0 aliphatic carbocycles. The number of terminal acetylenes is 1. The molecule has 25 heavy (non-hydrogen) atoms. The van der Waals surface area contributed by atoms with Crippen LogP contribution in [0.25, 0.3) is 10.2 Å². The number of rotatable bonds is 4. The Morgan fingerprint density at radius 1 is 1.24 bits per heavy atom.